The first-order valence-electron chi connectivity index (χ1n) is 7.48. The Morgan fingerprint density at radius 2 is 1.90 bits per heavy atom. The highest BCUT2D eigenvalue weighted by atomic mass is 35.5. The molecule has 0 saturated heterocycles. The number of hydrogen-bond acceptors (Lipinski definition) is 2. The Balaban J connectivity index is 1.69. The average Bonchev–Trinajstić information content (AvgIpc) is 2.48. The van der Waals surface area contributed by atoms with Crippen molar-refractivity contribution in [2.24, 2.45) is 0 Å². The number of hydrogen-bond donors (Lipinski definition) is 2. The van der Waals surface area contributed by atoms with Crippen LogP contribution in [-0.4, -0.2) is 24.4 Å². The van der Waals surface area contributed by atoms with E-state index in [2.05, 4.69) is 10.6 Å². The highest BCUT2D eigenvalue weighted by molar-refractivity contribution is 6.35. The molecule has 1 fully saturated rings. The Hall–Kier alpha value is -1.55. The van der Waals surface area contributed by atoms with E-state index in [9.17, 15) is 9.59 Å². The van der Waals surface area contributed by atoms with E-state index >= 15 is 0 Å². The van der Waals surface area contributed by atoms with E-state index in [1.807, 2.05) is 18.2 Å². The van der Waals surface area contributed by atoms with E-state index < -0.39 is 11.8 Å². The van der Waals surface area contributed by atoms with Crippen LogP contribution in [0.1, 0.15) is 37.7 Å². The summed E-state index contributed by atoms with van der Waals surface area (Å²) in [5.74, 6) is -1.07. The van der Waals surface area contributed by atoms with Crippen molar-refractivity contribution in [3.8, 4) is 0 Å². The van der Waals surface area contributed by atoms with Crippen molar-refractivity contribution < 1.29 is 9.59 Å². The van der Waals surface area contributed by atoms with E-state index in [1.165, 1.54) is 6.42 Å². The van der Waals surface area contributed by atoms with Gasteiger partial charge in [0.05, 0.1) is 0 Å². The number of carbonyl (C=O) groups excluding carboxylic acids is 2. The van der Waals surface area contributed by atoms with Crippen molar-refractivity contribution in [1.82, 2.24) is 10.6 Å². The molecule has 0 heterocycles. The van der Waals surface area contributed by atoms with E-state index in [4.69, 9.17) is 11.6 Å². The van der Waals surface area contributed by atoms with E-state index in [0.717, 1.165) is 31.2 Å². The molecule has 1 aliphatic carbocycles. The zero-order valence-corrected chi connectivity index (χ0v) is 12.8. The molecule has 0 atom stereocenters. The average molecular weight is 309 g/mol. The summed E-state index contributed by atoms with van der Waals surface area (Å²) in [6, 6.07) is 7.64. The molecular formula is C16H21ClN2O2. The predicted octanol–water partition coefficient (Wildman–Crippen LogP) is 2.45. The van der Waals surface area contributed by atoms with E-state index in [1.54, 1.807) is 6.07 Å². The van der Waals surface area contributed by atoms with Crippen molar-refractivity contribution in [3.63, 3.8) is 0 Å². The van der Waals surface area contributed by atoms with Gasteiger partial charge < -0.3 is 10.6 Å². The van der Waals surface area contributed by atoms with Crippen molar-refractivity contribution in [1.29, 1.82) is 0 Å². The van der Waals surface area contributed by atoms with Gasteiger partial charge in [0, 0.05) is 17.6 Å². The van der Waals surface area contributed by atoms with Gasteiger partial charge in [-0.1, -0.05) is 43.0 Å². The summed E-state index contributed by atoms with van der Waals surface area (Å²) in [5.41, 5.74) is 1.04. The largest absolute Gasteiger partial charge is 0.348 e. The van der Waals surface area contributed by atoms with Crippen LogP contribution in [0.4, 0.5) is 0 Å². The standard InChI is InChI=1S/C16H21ClN2O2/c17-13-6-4-5-12(11-13)9-10-18-15(20)16(21)19-14-7-2-1-3-8-14/h4-6,11,14H,1-3,7-10H2,(H,18,20)(H,19,21). The summed E-state index contributed by atoms with van der Waals surface area (Å²) < 4.78 is 0. The molecule has 1 aromatic carbocycles. The lowest BCUT2D eigenvalue weighted by Crippen LogP contribution is -2.45. The topological polar surface area (TPSA) is 58.2 Å². The van der Waals surface area contributed by atoms with Gasteiger partial charge in [-0.05, 0) is 37.0 Å². The lowest BCUT2D eigenvalue weighted by Gasteiger charge is -2.22. The predicted molar refractivity (Wildman–Crippen MR) is 83.2 cm³/mol. The van der Waals surface area contributed by atoms with Gasteiger partial charge >= 0.3 is 11.8 Å². The number of rotatable bonds is 4. The molecule has 0 unspecified atom stereocenters. The molecule has 0 aliphatic heterocycles. The lowest BCUT2D eigenvalue weighted by molar-refractivity contribution is -0.139. The minimum Gasteiger partial charge on any atom is -0.348 e. The second-order valence-electron chi connectivity index (χ2n) is 5.44. The van der Waals surface area contributed by atoms with Crippen molar-refractivity contribution in [3.05, 3.63) is 34.9 Å². The number of benzene rings is 1. The highest BCUT2D eigenvalue weighted by Gasteiger charge is 2.19. The smallest absolute Gasteiger partial charge is 0.309 e. The van der Waals surface area contributed by atoms with Crippen LogP contribution in [0, 0.1) is 0 Å². The van der Waals surface area contributed by atoms with Crippen LogP contribution in [-0.2, 0) is 16.0 Å². The second kappa shape index (κ2) is 8.03. The molecular weight excluding hydrogens is 288 g/mol. The van der Waals surface area contributed by atoms with E-state index in [0.29, 0.717) is 18.0 Å². The van der Waals surface area contributed by atoms with Gasteiger partial charge in [0.2, 0.25) is 0 Å². The van der Waals surface area contributed by atoms with Crippen LogP contribution in [0.5, 0.6) is 0 Å². The molecule has 21 heavy (non-hydrogen) atoms. The minimum absolute atomic E-state index is 0.157. The maximum Gasteiger partial charge on any atom is 0.309 e. The number of amides is 2. The first kappa shape index (κ1) is 15.8. The number of halogens is 1. The molecule has 2 rings (SSSR count). The monoisotopic (exact) mass is 308 g/mol. The van der Waals surface area contributed by atoms with Crippen LogP contribution in [0.15, 0.2) is 24.3 Å². The Kier molecular flexibility index (Phi) is 6.05. The molecule has 2 N–H and O–H groups in total. The number of nitrogens with one attached hydrogen (secondary N) is 2. The first-order chi connectivity index (χ1) is 10.1. The molecule has 0 spiro atoms. The molecule has 114 valence electrons. The van der Waals surface area contributed by atoms with Gasteiger partial charge in [-0.15, -0.1) is 0 Å². The Morgan fingerprint density at radius 3 is 2.62 bits per heavy atom. The molecule has 0 aromatic heterocycles. The fraction of sp³-hybridized carbons (Fsp3) is 0.500. The summed E-state index contributed by atoms with van der Waals surface area (Å²) in [5, 5.41) is 6.13. The summed E-state index contributed by atoms with van der Waals surface area (Å²) in [7, 11) is 0. The maximum absolute atomic E-state index is 11.8. The van der Waals surface area contributed by atoms with Crippen LogP contribution < -0.4 is 10.6 Å². The van der Waals surface area contributed by atoms with Crippen molar-refractivity contribution >= 4 is 23.4 Å². The molecule has 0 radical (unpaired) electrons. The fourth-order valence-corrected chi connectivity index (χ4v) is 2.80. The molecule has 0 bridgehead atoms. The summed E-state index contributed by atoms with van der Waals surface area (Å²) >= 11 is 5.89. The summed E-state index contributed by atoms with van der Waals surface area (Å²) in [6.45, 7) is 0.428. The minimum atomic E-state index is -0.553. The molecule has 1 aliphatic rings. The fourth-order valence-electron chi connectivity index (χ4n) is 2.59. The Morgan fingerprint density at radius 1 is 1.14 bits per heavy atom. The van der Waals surface area contributed by atoms with Gasteiger partial charge in [0.1, 0.15) is 0 Å². The zero-order valence-electron chi connectivity index (χ0n) is 12.0. The van der Waals surface area contributed by atoms with Crippen LogP contribution in [0.2, 0.25) is 5.02 Å². The highest BCUT2D eigenvalue weighted by Crippen LogP contribution is 2.17. The number of carbonyl (C=O) groups is 2. The van der Waals surface area contributed by atoms with Gasteiger partial charge in [0.15, 0.2) is 0 Å². The van der Waals surface area contributed by atoms with Crippen LogP contribution >= 0.6 is 11.6 Å². The summed E-state index contributed by atoms with van der Waals surface area (Å²) in [6.07, 6.45) is 6.08. The second-order valence-corrected chi connectivity index (χ2v) is 5.88. The maximum atomic E-state index is 11.8. The lowest BCUT2D eigenvalue weighted by atomic mass is 9.95. The van der Waals surface area contributed by atoms with Gasteiger partial charge in [-0.2, -0.15) is 0 Å². The SMILES string of the molecule is O=C(NCCc1cccc(Cl)c1)C(=O)NC1CCCCC1. The van der Waals surface area contributed by atoms with Crippen LogP contribution in [0.3, 0.4) is 0 Å². The molecule has 1 aromatic rings. The van der Waals surface area contributed by atoms with Gasteiger partial charge in [-0.25, -0.2) is 0 Å². The Labute approximate surface area is 130 Å². The van der Waals surface area contributed by atoms with E-state index in [-0.39, 0.29) is 6.04 Å². The third-order valence-corrected chi connectivity index (χ3v) is 3.97. The molecule has 1 saturated carbocycles. The van der Waals surface area contributed by atoms with Crippen molar-refractivity contribution in [2.75, 3.05) is 6.54 Å². The molecule has 5 heteroatoms. The zero-order chi connectivity index (χ0) is 15.1. The van der Waals surface area contributed by atoms with Gasteiger partial charge in [-0.3, -0.25) is 9.59 Å². The first-order valence-corrected chi connectivity index (χ1v) is 7.86. The normalized spacial score (nSPS) is 15.5. The summed E-state index contributed by atoms with van der Waals surface area (Å²) in [4.78, 5) is 23.5. The molecule has 4 nitrogen and oxygen atoms in total. The quantitative estimate of drug-likeness (QED) is 0.839. The third-order valence-electron chi connectivity index (χ3n) is 3.73. The van der Waals surface area contributed by atoms with Gasteiger partial charge in [0.25, 0.3) is 0 Å². The van der Waals surface area contributed by atoms with Crippen LogP contribution in [0.25, 0.3) is 0 Å². The Bertz CT molecular complexity index is 499. The third kappa shape index (κ3) is 5.38. The van der Waals surface area contributed by atoms with Crippen molar-refractivity contribution in [2.45, 2.75) is 44.6 Å². The molecule has 2 amide bonds.